The summed E-state index contributed by atoms with van der Waals surface area (Å²) >= 11 is 7.90. The molecule has 0 bridgehead atoms. The van der Waals surface area contributed by atoms with Crippen molar-refractivity contribution in [1.29, 1.82) is 0 Å². The van der Waals surface area contributed by atoms with Crippen molar-refractivity contribution in [2.75, 3.05) is 16.4 Å². The number of rotatable bonds is 7. The number of aromatic hydroxyl groups is 1. The highest BCUT2D eigenvalue weighted by molar-refractivity contribution is 7.22. The summed E-state index contributed by atoms with van der Waals surface area (Å²) in [5.74, 6) is -4.45. The van der Waals surface area contributed by atoms with Gasteiger partial charge in [0.2, 0.25) is 23.6 Å². The zero-order valence-corrected chi connectivity index (χ0v) is 33.3. The van der Waals surface area contributed by atoms with Crippen LogP contribution in [0.25, 0.3) is 20.7 Å². The largest absolute Gasteiger partial charge is 0.504 e. The number of aromatic nitrogens is 2. The Morgan fingerprint density at radius 2 is 1.73 bits per heavy atom. The smallest absolute Gasteiger partial charge is 0.242 e. The van der Waals surface area contributed by atoms with E-state index in [1.54, 1.807) is 54.3 Å². The molecule has 1 N–H and O–H groups in total. The van der Waals surface area contributed by atoms with Gasteiger partial charge in [-0.15, -0.1) is 11.3 Å². The van der Waals surface area contributed by atoms with E-state index >= 15 is 4.79 Å². The molecule has 0 spiro atoms. The number of ether oxygens (including phenoxy) is 1. The van der Waals surface area contributed by atoms with E-state index in [-0.39, 0.29) is 29.7 Å². The first-order valence-electron chi connectivity index (χ1n) is 19.1. The van der Waals surface area contributed by atoms with Gasteiger partial charge in [-0.3, -0.25) is 28.8 Å². The fourth-order valence-corrected chi connectivity index (χ4v) is 11.3. The molecule has 3 aromatic carbocycles. The molecular weight excluding hydrogens is 748 g/mol. The molecule has 2 aromatic heterocycles. The second-order valence-electron chi connectivity index (χ2n) is 15.5. The van der Waals surface area contributed by atoms with Crippen LogP contribution in [0.2, 0.25) is 5.02 Å². The Bertz CT molecular complexity index is 2540. The van der Waals surface area contributed by atoms with E-state index < -0.39 is 46.8 Å². The Balaban J connectivity index is 1.16. The lowest BCUT2D eigenvalue weighted by molar-refractivity contribution is -0.131. The molecule has 6 unspecified atom stereocenters. The predicted octanol–water partition coefficient (Wildman–Crippen LogP) is 8.37. The molecule has 56 heavy (non-hydrogen) atoms. The maximum absolute atomic E-state index is 15.2. The lowest BCUT2D eigenvalue weighted by Gasteiger charge is -2.49. The standard InChI is InChI=1S/C44H41ClN4O6S/c1-6-23-11-14-25(15-12-23)48-40(51)27-17-16-26-30(36(27)42(48)53)20-31-41(52)49(43(54)44(31,4)37(26)28-9-8-10-33(38(28)50)55-7-2)35-21-32(46-47(35)5)39-22(3)29-19-24(45)13-18-34(29)56-39/h8-16,18-19,21,27,30-31,36-37,50H,6-7,17,20H2,1-5H3. The van der Waals surface area contributed by atoms with Gasteiger partial charge in [0.1, 0.15) is 11.5 Å². The summed E-state index contributed by atoms with van der Waals surface area (Å²) in [6, 6.07) is 20.2. The molecule has 2 aliphatic heterocycles. The number of hydrogen-bond donors (Lipinski definition) is 1. The van der Waals surface area contributed by atoms with E-state index in [4.69, 9.17) is 21.4 Å². The first kappa shape index (κ1) is 36.4. The number of halogens is 1. The number of amides is 4. The van der Waals surface area contributed by atoms with Gasteiger partial charge in [0.25, 0.3) is 0 Å². The number of nitrogens with zero attached hydrogens (tertiary/aromatic N) is 4. The van der Waals surface area contributed by atoms with Crippen LogP contribution in [-0.2, 0) is 32.6 Å². The van der Waals surface area contributed by atoms with Crippen LogP contribution in [0.5, 0.6) is 11.5 Å². The topological polar surface area (TPSA) is 122 Å². The van der Waals surface area contributed by atoms with Crippen molar-refractivity contribution in [1.82, 2.24) is 9.78 Å². The number of carbonyl (C=O) groups excluding carboxylic acids is 4. The molecule has 10 nitrogen and oxygen atoms in total. The molecule has 4 aliphatic rings. The highest BCUT2D eigenvalue weighted by atomic mass is 35.5. The van der Waals surface area contributed by atoms with Crippen LogP contribution in [0.1, 0.15) is 56.2 Å². The fraction of sp³-hybridized carbons (Fsp3) is 0.341. The molecule has 0 radical (unpaired) electrons. The molecule has 3 fully saturated rings. The van der Waals surface area contributed by atoms with Crippen molar-refractivity contribution < 1.29 is 29.0 Å². The number of allylic oxidation sites excluding steroid dienone is 2. The number of anilines is 2. The predicted molar refractivity (Wildman–Crippen MR) is 216 cm³/mol. The van der Waals surface area contributed by atoms with Crippen molar-refractivity contribution in [2.24, 2.45) is 36.1 Å². The van der Waals surface area contributed by atoms with Gasteiger partial charge in [-0.25, -0.2) is 4.90 Å². The molecule has 4 amide bonds. The number of para-hydroxylation sites is 1. The summed E-state index contributed by atoms with van der Waals surface area (Å²) in [6.07, 6.45) is 3.30. The van der Waals surface area contributed by atoms with E-state index in [0.29, 0.717) is 40.8 Å². The second-order valence-corrected chi connectivity index (χ2v) is 17.0. The molecule has 286 valence electrons. The summed E-state index contributed by atoms with van der Waals surface area (Å²) < 4.78 is 8.42. The van der Waals surface area contributed by atoms with Gasteiger partial charge in [0.15, 0.2) is 11.5 Å². The summed E-state index contributed by atoms with van der Waals surface area (Å²) in [7, 11) is 1.72. The van der Waals surface area contributed by atoms with E-state index in [9.17, 15) is 19.5 Å². The van der Waals surface area contributed by atoms with Crippen molar-refractivity contribution in [3.05, 3.63) is 100 Å². The zero-order valence-electron chi connectivity index (χ0n) is 31.7. The maximum atomic E-state index is 15.2. The third-order valence-corrected chi connectivity index (χ3v) is 14.3. The monoisotopic (exact) mass is 788 g/mol. The van der Waals surface area contributed by atoms with E-state index in [1.807, 2.05) is 69.3 Å². The molecule has 2 saturated heterocycles. The van der Waals surface area contributed by atoms with Gasteiger partial charge >= 0.3 is 0 Å². The molecule has 1 saturated carbocycles. The Labute approximate surface area is 333 Å². The van der Waals surface area contributed by atoms with Gasteiger partial charge in [-0.2, -0.15) is 5.10 Å². The van der Waals surface area contributed by atoms with Gasteiger partial charge in [0, 0.05) is 34.3 Å². The van der Waals surface area contributed by atoms with Crippen LogP contribution in [0.4, 0.5) is 11.5 Å². The van der Waals surface area contributed by atoms with E-state index in [0.717, 1.165) is 38.1 Å². The van der Waals surface area contributed by atoms with E-state index in [1.165, 1.54) is 9.80 Å². The summed E-state index contributed by atoms with van der Waals surface area (Å²) in [5.41, 5.74) is 3.10. The third-order valence-electron chi connectivity index (χ3n) is 12.7. The minimum atomic E-state index is -1.36. The number of aryl methyl sites for hydroxylation is 3. The summed E-state index contributed by atoms with van der Waals surface area (Å²) in [4.78, 5) is 62.2. The number of fused-ring (bicyclic) bond motifs is 5. The van der Waals surface area contributed by atoms with Crippen LogP contribution in [0, 0.1) is 36.0 Å². The lowest BCUT2D eigenvalue weighted by atomic mass is 9.51. The first-order valence-corrected chi connectivity index (χ1v) is 20.3. The Morgan fingerprint density at radius 1 is 0.964 bits per heavy atom. The molecule has 9 rings (SSSR count). The van der Waals surface area contributed by atoms with Crippen LogP contribution < -0.4 is 14.5 Å². The summed E-state index contributed by atoms with van der Waals surface area (Å²) in [6.45, 7) is 7.99. The lowest BCUT2D eigenvalue weighted by Crippen LogP contribution is -2.49. The number of thiophene rings is 1. The van der Waals surface area contributed by atoms with Gasteiger partial charge < -0.3 is 9.84 Å². The average molecular weight is 789 g/mol. The van der Waals surface area contributed by atoms with Gasteiger partial charge in [-0.1, -0.05) is 54.4 Å². The number of imide groups is 2. The van der Waals surface area contributed by atoms with Gasteiger partial charge in [-0.05, 0) is 98.9 Å². The quantitative estimate of drug-likeness (QED) is 0.130. The van der Waals surface area contributed by atoms with Crippen LogP contribution in [0.3, 0.4) is 0 Å². The van der Waals surface area contributed by atoms with Crippen LogP contribution in [0.15, 0.2) is 78.4 Å². The Morgan fingerprint density at radius 3 is 2.46 bits per heavy atom. The number of hydrogen-bond acceptors (Lipinski definition) is 8. The first-order chi connectivity index (χ1) is 26.9. The van der Waals surface area contributed by atoms with Crippen molar-refractivity contribution in [2.45, 2.75) is 52.9 Å². The van der Waals surface area contributed by atoms with Crippen molar-refractivity contribution >= 4 is 68.2 Å². The summed E-state index contributed by atoms with van der Waals surface area (Å²) in [5, 5.41) is 18.3. The molecule has 6 atom stereocenters. The third kappa shape index (κ3) is 5.09. The molecule has 5 aromatic rings. The number of phenolic OH excluding ortho intramolecular Hbond substituents is 1. The number of benzene rings is 3. The highest BCUT2D eigenvalue weighted by Gasteiger charge is 2.68. The average Bonchev–Trinajstić information content (AvgIpc) is 3.86. The van der Waals surface area contributed by atoms with Gasteiger partial charge in [0.05, 0.1) is 40.3 Å². The van der Waals surface area contributed by atoms with E-state index in [2.05, 4.69) is 0 Å². The fourth-order valence-electron chi connectivity index (χ4n) is 9.97. The maximum Gasteiger partial charge on any atom is 0.242 e. The minimum Gasteiger partial charge on any atom is -0.504 e. The number of phenols is 1. The Hall–Kier alpha value is -5.26. The van der Waals surface area contributed by atoms with Crippen molar-refractivity contribution in [3.8, 4) is 22.1 Å². The molecule has 12 heteroatoms. The molecular formula is C44H41ClN4O6S. The van der Waals surface area contributed by atoms with Crippen LogP contribution in [-0.4, -0.2) is 45.1 Å². The molecule has 4 heterocycles. The SMILES string of the molecule is CCOc1cccc(C2C3=CCC4C(=O)N(c5ccc(CC)cc5)C(=O)C4C3CC3C(=O)N(c4cc(-c5sc6ccc(Cl)cc6c5C)nn4C)C(=O)C32C)c1O. The zero-order chi connectivity index (χ0) is 39.4. The highest BCUT2D eigenvalue weighted by Crippen LogP contribution is 2.65. The minimum absolute atomic E-state index is 0.115. The normalized spacial score (nSPS) is 25.8. The Kier molecular flexibility index (Phi) is 8.55. The van der Waals surface area contributed by atoms with Crippen LogP contribution >= 0.6 is 22.9 Å². The second kappa shape index (κ2) is 13.2. The molecule has 2 aliphatic carbocycles. The number of carbonyl (C=O) groups is 4. The van der Waals surface area contributed by atoms with Crippen molar-refractivity contribution in [3.63, 3.8) is 0 Å².